The highest BCUT2D eigenvalue weighted by Gasteiger charge is 2.24. The Kier molecular flexibility index (Phi) is 3.78. The highest BCUT2D eigenvalue weighted by Crippen LogP contribution is 2.38. The summed E-state index contributed by atoms with van der Waals surface area (Å²) in [5.74, 6) is -0.0479. The van der Waals surface area contributed by atoms with Crippen molar-refractivity contribution in [3.8, 4) is 0 Å². The van der Waals surface area contributed by atoms with E-state index in [0.29, 0.717) is 6.54 Å². The smallest absolute Gasteiger partial charge is 0.240 e. The van der Waals surface area contributed by atoms with Crippen molar-refractivity contribution in [3.05, 3.63) is 22.7 Å². The number of carbonyl (C=O) groups is 1. The van der Waals surface area contributed by atoms with Crippen LogP contribution in [-0.4, -0.2) is 32.6 Å². The van der Waals surface area contributed by atoms with Gasteiger partial charge in [-0.25, -0.2) is 0 Å². The Bertz CT molecular complexity index is 476. The maximum atomic E-state index is 11.9. The van der Waals surface area contributed by atoms with Crippen LogP contribution < -0.4 is 15.5 Å². The lowest BCUT2D eigenvalue weighted by atomic mass is 10.1. The first kappa shape index (κ1) is 13.2. The maximum absolute atomic E-state index is 11.9. The SMILES string of the molecule is Cc1c(Cl)ccc2c1N(C)CCCN2C(=O)CN. The molecule has 0 atom stereocenters. The Morgan fingerprint density at radius 1 is 1.44 bits per heavy atom. The largest absolute Gasteiger partial charge is 0.373 e. The number of nitrogens with two attached hydrogens (primary N) is 1. The molecule has 0 saturated heterocycles. The number of carbonyl (C=O) groups excluding carboxylic acids is 1. The summed E-state index contributed by atoms with van der Waals surface area (Å²) in [4.78, 5) is 15.9. The molecule has 4 nitrogen and oxygen atoms in total. The number of anilines is 2. The Balaban J connectivity index is 2.57. The van der Waals surface area contributed by atoms with Crippen LogP contribution in [-0.2, 0) is 4.79 Å². The van der Waals surface area contributed by atoms with Gasteiger partial charge in [0.1, 0.15) is 0 Å². The van der Waals surface area contributed by atoms with Crippen molar-refractivity contribution < 1.29 is 4.79 Å². The fourth-order valence-electron chi connectivity index (χ4n) is 2.43. The first-order chi connectivity index (χ1) is 8.56. The molecule has 1 aromatic rings. The summed E-state index contributed by atoms with van der Waals surface area (Å²) >= 11 is 6.17. The van der Waals surface area contributed by atoms with Gasteiger partial charge in [0.25, 0.3) is 0 Å². The third kappa shape index (κ3) is 2.18. The van der Waals surface area contributed by atoms with Gasteiger partial charge in [0.2, 0.25) is 5.91 Å². The van der Waals surface area contributed by atoms with E-state index in [1.807, 2.05) is 26.1 Å². The summed E-state index contributed by atoms with van der Waals surface area (Å²) in [7, 11) is 2.03. The van der Waals surface area contributed by atoms with Crippen molar-refractivity contribution in [2.75, 3.05) is 36.5 Å². The van der Waals surface area contributed by atoms with Gasteiger partial charge in [0, 0.05) is 25.2 Å². The third-order valence-electron chi connectivity index (χ3n) is 3.37. The first-order valence-electron chi connectivity index (χ1n) is 6.07. The van der Waals surface area contributed by atoms with Crippen molar-refractivity contribution in [2.45, 2.75) is 13.3 Å². The second kappa shape index (κ2) is 5.16. The van der Waals surface area contributed by atoms with Gasteiger partial charge in [-0.2, -0.15) is 0 Å². The van der Waals surface area contributed by atoms with E-state index in [1.54, 1.807) is 4.90 Å². The number of benzene rings is 1. The number of amides is 1. The summed E-state index contributed by atoms with van der Waals surface area (Å²) in [6.45, 7) is 3.62. The van der Waals surface area contributed by atoms with E-state index >= 15 is 0 Å². The number of hydrogen-bond acceptors (Lipinski definition) is 3. The topological polar surface area (TPSA) is 49.6 Å². The van der Waals surface area contributed by atoms with E-state index < -0.39 is 0 Å². The predicted octanol–water partition coefficient (Wildman–Crippen LogP) is 1.78. The minimum absolute atomic E-state index is 0.0326. The molecule has 0 radical (unpaired) electrons. The predicted molar refractivity (Wildman–Crippen MR) is 75.5 cm³/mol. The average molecular weight is 268 g/mol. The molecule has 0 aromatic heterocycles. The summed E-state index contributed by atoms with van der Waals surface area (Å²) in [5, 5.41) is 0.725. The number of nitrogens with zero attached hydrogens (tertiary/aromatic N) is 2. The number of fused-ring (bicyclic) bond motifs is 1. The van der Waals surface area contributed by atoms with Crippen LogP contribution in [0.4, 0.5) is 11.4 Å². The van der Waals surface area contributed by atoms with Gasteiger partial charge >= 0.3 is 0 Å². The zero-order valence-electron chi connectivity index (χ0n) is 10.7. The summed E-state index contributed by atoms with van der Waals surface area (Å²) in [6, 6.07) is 3.74. The van der Waals surface area contributed by atoms with E-state index in [2.05, 4.69) is 4.90 Å². The minimum Gasteiger partial charge on any atom is -0.373 e. The molecular formula is C13H18ClN3O. The molecule has 0 spiro atoms. The zero-order valence-corrected chi connectivity index (χ0v) is 11.5. The Labute approximate surface area is 112 Å². The fraction of sp³-hybridized carbons (Fsp3) is 0.462. The number of hydrogen-bond donors (Lipinski definition) is 1. The van der Waals surface area contributed by atoms with E-state index in [4.69, 9.17) is 17.3 Å². The molecule has 2 rings (SSSR count). The van der Waals surface area contributed by atoms with Crippen LogP contribution in [0.3, 0.4) is 0 Å². The van der Waals surface area contributed by atoms with Crippen molar-refractivity contribution in [2.24, 2.45) is 5.73 Å². The molecule has 1 aliphatic heterocycles. The highest BCUT2D eigenvalue weighted by atomic mass is 35.5. The Hall–Kier alpha value is -1.26. The van der Waals surface area contributed by atoms with E-state index in [-0.39, 0.29) is 12.5 Å². The molecular weight excluding hydrogens is 250 g/mol. The molecule has 2 N–H and O–H groups in total. The van der Waals surface area contributed by atoms with Crippen LogP contribution in [0.25, 0.3) is 0 Å². The molecule has 5 heteroatoms. The van der Waals surface area contributed by atoms with Crippen molar-refractivity contribution >= 4 is 28.9 Å². The van der Waals surface area contributed by atoms with Crippen LogP contribution in [0, 0.1) is 6.92 Å². The van der Waals surface area contributed by atoms with Gasteiger partial charge in [0.05, 0.1) is 17.9 Å². The molecule has 98 valence electrons. The van der Waals surface area contributed by atoms with E-state index in [9.17, 15) is 4.79 Å². The lowest BCUT2D eigenvalue weighted by molar-refractivity contribution is -0.117. The van der Waals surface area contributed by atoms with Crippen LogP contribution in [0.5, 0.6) is 0 Å². The summed E-state index contributed by atoms with van der Waals surface area (Å²) in [5.41, 5.74) is 8.43. The molecule has 0 fully saturated rings. The molecule has 0 unspecified atom stereocenters. The van der Waals surface area contributed by atoms with E-state index in [0.717, 1.165) is 34.9 Å². The van der Waals surface area contributed by atoms with Crippen molar-refractivity contribution in [1.29, 1.82) is 0 Å². The van der Waals surface area contributed by atoms with Gasteiger partial charge in [-0.15, -0.1) is 0 Å². The quantitative estimate of drug-likeness (QED) is 0.844. The summed E-state index contributed by atoms with van der Waals surface area (Å²) in [6.07, 6.45) is 0.925. The highest BCUT2D eigenvalue weighted by molar-refractivity contribution is 6.32. The molecule has 1 aliphatic rings. The maximum Gasteiger partial charge on any atom is 0.240 e. The Morgan fingerprint density at radius 2 is 2.17 bits per heavy atom. The Morgan fingerprint density at radius 3 is 2.83 bits per heavy atom. The minimum atomic E-state index is -0.0479. The summed E-state index contributed by atoms with van der Waals surface area (Å²) < 4.78 is 0. The molecule has 0 bridgehead atoms. The lowest BCUT2D eigenvalue weighted by Crippen LogP contribution is -2.36. The van der Waals surface area contributed by atoms with Gasteiger partial charge < -0.3 is 15.5 Å². The zero-order chi connectivity index (χ0) is 13.3. The third-order valence-corrected chi connectivity index (χ3v) is 3.78. The van der Waals surface area contributed by atoms with Crippen LogP contribution in [0.15, 0.2) is 12.1 Å². The molecule has 1 amide bonds. The second-order valence-corrected chi connectivity index (χ2v) is 4.97. The standard InChI is InChI=1S/C13H18ClN3O/c1-9-10(14)4-5-11-13(9)16(2)6-3-7-17(11)12(18)8-15/h4-5H,3,6-8,15H2,1-2H3. The van der Waals surface area contributed by atoms with E-state index in [1.165, 1.54) is 0 Å². The average Bonchev–Trinajstić information content (AvgIpc) is 2.52. The van der Waals surface area contributed by atoms with Gasteiger partial charge in [-0.1, -0.05) is 11.6 Å². The number of rotatable bonds is 1. The molecule has 18 heavy (non-hydrogen) atoms. The normalized spacial score (nSPS) is 15.3. The molecule has 1 aromatic carbocycles. The first-order valence-corrected chi connectivity index (χ1v) is 6.44. The number of halogens is 1. The van der Waals surface area contributed by atoms with Crippen LogP contribution in [0.2, 0.25) is 5.02 Å². The van der Waals surface area contributed by atoms with Gasteiger partial charge in [-0.3, -0.25) is 4.79 Å². The van der Waals surface area contributed by atoms with Crippen molar-refractivity contribution in [1.82, 2.24) is 0 Å². The van der Waals surface area contributed by atoms with Crippen molar-refractivity contribution in [3.63, 3.8) is 0 Å². The van der Waals surface area contributed by atoms with Crippen LogP contribution in [0.1, 0.15) is 12.0 Å². The molecule has 0 aliphatic carbocycles. The van der Waals surface area contributed by atoms with Crippen LogP contribution >= 0.6 is 11.6 Å². The molecule has 0 saturated carbocycles. The second-order valence-electron chi connectivity index (χ2n) is 4.56. The lowest BCUT2D eigenvalue weighted by Gasteiger charge is -2.26. The van der Waals surface area contributed by atoms with Gasteiger partial charge in [-0.05, 0) is 31.0 Å². The fourth-order valence-corrected chi connectivity index (χ4v) is 2.58. The monoisotopic (exact) mass is 267 g/mol. The van der Waals surface area contributed by atoms with Gasteiger partial charge in [0.15, 0.2) is 0 Å². The molecule has 1 heterocycles.